The van der Waals surface area contributed by atoms with E-state index in [0.717, 1.165) is 23.5 Å². The maximum atomic E-state index is 5.96. The van der Waals surface area contributed by atoms with Gasteiger partial charge in [-0.25, -0.2) is 0 Å². The molecule has 0 amide bonds. The van der Waals surface area contributed by atoms with Crippen LogP contribution < -0.4 is 9.47 Å². The van der Waals surface area contributed by atoms with Gasteiger partial charge < -0.3 is 9.47 Å². The van der Waals surface area contributed by atoms with Crippen molar-refractivity contribution in [2.24, 2.45) is 0 Å². The van der Waals surface area contributed by atoms with Crippen LogP contribution in [0.25, 0.3) is 11.6 Å². The summed E-state index contributed by atoms with van der Waals surface area (Å²) in [7, 11) is 1.66. The molecule has 0 aliphatic heterocycles. The molecule has 0 aliphatic carbocycles. The van der Waals surface area contributed by atoms with Crippen LogP contribution in [0.4, 0.5) is 0 Å². The Labute approximate surface area is 139 Å². The minimum Gasteiger partial charge on any atom is -0.493 e. The van der Waals surface area contributed by atoms with Gasteiger partial charge in [-0.2, -0.15) is 0 Å². The maximum Gasteiger partial charge on any atom is 0.169 e. The van der Waals surface area contributed by atoms with E-state index in [4.69, 9.17) is 9.47 Å². The van der Waals surface area contributed by atoms with Crippen molar-refractivity contribution >= 4 is 11.6 Å². The fraction of sp³-hybridized carbons (Fsp3) is 0.238. The van der Waals surface area contributed by atoms with Gasteiger partial charge in [-0.15, -0.1) is 0 Å². The first-order chi connectivity index (χ1) is 11.2. The second-order valence-electron chi connectivity index (χ2n) is 5.33. The van der Waals surface area contributed by atoms with E-state index in [9.17, 15) is 0 Å². The average molecular weight is 308 g/mol. The van der Waals surface area contributed by atoms with Crippen molar-refractivity contribution in [1.82, 2.24) is 0 Å². The number of benzene rings is 2. The van der Waals surface area contributed by atoms with E-state index < -0.39 is 0 Å². The molecule has 0 radical (unpaired) electrons. The van der Waals surface area contributed by atoms with Gasteiger partial charge >= 0.3 is 0 Å². The summed E-state index contributed by atoms with van der Waals surface area (Å²) in [4.78, 5) is 0. The second-order valence-corrected chi connectivity index (χ2v) is 5.33. The van der Waals surface area contributed by atoms with E-state index >= 15 is 0 Å². The number of ether oxygens (including phenoxy) is 2. The highest BCUT2D eigenvalue weighted by Gasteiger charge is 2.06. The molecule has 0 heterocycles. The molecule has 0 fully saturated rings. The molecule has 0 N–H and O–H groups in total. The third-order valence-corrected chi connectivity index (χ3v) is 3.59. The monoisotopic (exact) mass is 308 g/mol. The molecular formula is C21H24O2. The van der Waals surface area contributed by atoms with Crippen LogP contribution in [0, 0.1) is 0 Å². The molecule has 2 aromatic carbocycles. The van der Waals surface area contributed by atoms with E-state index in [2.05, 4.69) is 32.1 Å². The lowest BCUT2D eigenvalue weighted by Crippen LogP contribution is -1.91. The Morgan fingerprint density at radius 3 is 2.39 bits per heavy atom. The van der Waals surface area contributed by atoms with Crippen LogP contribution in [0.2, 0.25) is 0 Å². The lowest BCUT2D eigenvalue weighted by Gasteiger charge is -2.11. The maximum absolute atomic E-state index is 5.96. The van der Waals surface area contributed by atoms with Gasteiger partial charge in [-0.3, -0.25) is 0 Å². The molecule has 2 aromatic rings. The third-order valence-electron chi connectivity index (χ3n) is 3.59. The predicted octanol–water partition coefficient (Wildman–Crippen LogP) is 6.33. The van der Waals surface area contributed by atoms with E-state index in [-0.39, 0.29) is 0 Å². The molecule has 23 heavy (non-hydrogen) atoms. The first-order valence-corrected chi connectivity index (χ1v) is 7.93. The molecule has 0 saturated carbocycles. The molecule has 2 nitrogen and oxygen atoms in total. The third kappa shape index (κ3) is 4.49. The summed E-state index contributed by atoms with van der Waals surface area (Å²) < 4.78 is 11.4. The molecule has 0 unspecified atom stereocenters. The van der Waals surface area contributed by atoms with Gasteiger partial charge in [-0.1, -0.05) is 43.4 Å². The zero-order valence-corrected chi connectivity index (χ0v) is 14.3. The predicted molar refractivity (Wildman–Crippen MR) is 98.2 cm³/mol. The zero-order valence-electron chi connectivity index (χ0n) is 14.3. The van der Waals surface area contributed by atoms with E-state index in [1.165, 1.54) is 11.1 Å². The Kier molecular flexibility index (Phi) is 6.04. The molecule has 0 aromatic heterocycles. The van der Waals surface area contributed by atoms with Crippen molar-refractivity contribution < 1.29 is 9.47 Å². The van der Waals surface area contributed by atoms with Crippen LogP contribution in [0.1, 0.15) is 38.3 Å². The quantitative estimate of drug-likeness (QED) is 0.620. The van der Waals surface area contributed by atoms with Gasteiger partial charge in [0.25, 0.3) is 0 Å². The molecule has 0 bridgehead atoms. The van der Waals surface area contributed by atoms with Gasteiger partial charge in [0.2, 0.25) is 0 Å². The first-order valence-electron chi connectivity index (χ1n) is 7.93. The second kappa shape index (κ2) is 8.23. The van der Waals surface area contributed by atoms with Gasteiger partial charge in [0, 0.05) is 0 Å². The van der Waals surface area contributed by atoms with Crippen molar-refractivity contribution in [2.75, 3.05) is 7.11 Å². The first kappa shape index (κ1) is 16.9. The van der Waals surface area contributed by atoms with Crippen LogP contribution in [0.3, 0.4) is 0 Å². The lowest BCUT2D eigenvalue weighted by molar-refractivity contribution is 0.379. The van der Waals surface area contributed by atoms with Crippen LogP contribution in [-0.2, 0) is 0 Å². The smallest absolute Gasteiger partial charge is 0.169 e. The number of methoxy groups -OCH3 is 1. The molecule has 2 rings (SSSR count). The van der Waals surface area contributed by atoms with Gasteiger partial charge in [0.15, 0.2) is 11.5 Å². The average Bonchev–Trinajstić information content (AvgIpc) is 2.57. The van der Waals surface area contributed by atoms with Crippen LogP contribution in [-0.4, -0.2) is 7.11 Å². The van der Waals surface area contributed by atoms with Crippen molar-refractivity contribution in [3.8, 4) is 17.2 Å². The summed E-state index contributed by atoms with van der Waals surface area (Å²) >= 11 is 0. The normalized spacial score (nSPS) is 11.7. The summed E-state index contributed by atoms with van der Waals surface area (Å²) in [5.41, 5.74) is 3.59. The van der Waals surface area contributed by atoms with Crippen molar-refractivity contribution in [2.45, 2.75) is 27.2 Å². The summed E-state index contributed by atoms with van der Waals surface area (Å²) in [6.45, 7) is 6.26. The number of hydrogen-bond acceptors (Lipinski definition) is 2. The highest BCUT2D eigenvalue weighted by molar-refractivity contribution is 5.64. The Hall–Kier alpha value is -2.48. The minimum absolute atomic E-state index is 0.717. The molecule has 120 valence electrons. The SMILES string of the molecule is C/C=C/c1ccc(Oc2ccc(/C(C)=C/CC)cc2)c(OC)c1. The topological polar surface area (TPSA) is 18.5 Å². The molecule has 0 aliphatic rings. The van der Waals surface area contributed by atoms with Crippen molar-refractivity contribution in [3.05, 3.63) is 65.7 Å². The minimum atomic E-state index is 0.717. The summed E-state index contributed by atoms with van der Waals surface area (Å²) in [5.74, 6) is 2.25. The number of allylic oxidation sites excluding steroid dienone is 3. The molecule has 2 heteroatoms. The Balaban J connectivity index is 2.20. The lowest BCUT2D eigenvalue weighted by atomic mass is 10.1. The van der Waals surface area contributed by atoms with Crippen molar-refractivity contribution in [3.63, 3.8) is 0 Å². The van der Waals surface area contributed by atoms with Crippen LogP contribution in [0.15, 0.2) is 54.6 Å². The summed E-state index contributed by atoms with van der Waals surface area (Å²) in [6, 6.07) is 14.1. The summed E-state index contributed by atoms with van der Waals surface area (Å²) in [5, 5.41) is 0. The Morgan fingerprint density at radius 2 is 1.78 bits per heavy atom. The summed E-state index contributed by atoms with van der Waals surface area (Å²) in [6.07, 6.45) is 7.29. The van der Waals surface area contributed by atoms with Gasteiger partial charge in [0.05, 0.1) is 7.11 Å². The highest BCUT2D eigenvalue weighted by Crippen LogP contribution is 2.33. The largest absolute Gasteiger partial charge is 0.493 e. The highest BCUT2D eigenvalue weighted by atomic mass is 16.5. The fourth-order valence-electron chi connectivity index (χ4n) is 2.40. The van der Waals surface area contributed by atoms with Crippen LogP contribution in [0.5, 0.6) is 17.2 Å². The molecule has 0 saturated heterocycles. The Morgan fingerprint density at radius 1 is 1.04 bits per heavy atom. The standard InChI is InChI=1S/C21H24O2/c1-5-7-16(3)18-10-12-19(13-11-18)23-20-14-9-17(8-6-2)15-21(20)22-4/h6-15H,5H2,1-4H3/b8-6+,16-7+. The Bertz CT molecular complexity index is 694. The van der Waals surface area contributed by atoms with Crippen LogP contribution >= 0.6 is 0 Å². The number of rotatable bonds is 6. The molecule has 0 spiro atoms. The van der Waals surface area contributed by atoms with E-state index in [1.54, 1.807) is 7.11 Å². The molecule has 0 atom stereocenters. The number of hydrogen-bond donors (Lipinski definition) is 0. The van der Waals surface area contributed by atoms with E-state index in [0.29, 0.717) is 5.75 Å². The van der Waals surface area contributed by atoms with E-state index in [1.807, 2.05) is 49.4 Å². The van der Waals surface area contributed by atoms with Crippen molar-refractivity contribution in [1.29, 1.82) is 0 Å². The van der Waals surface area contributed by atoms with Gasteiger partial charge in [-0.05, 0) is 61.2 Å². The fourth-order valence-corrected chi connectivity index (χ4v) is 2.40. The molecular weight excluding hydrogens is 284 g/mol. The zero-order chi connectivity index (χ0) is 16.7. The van der Waals surface area contributed by atoms with Gasteiger partial charge in [0.1, 0.15) is 5.75 Å².